The van der Waals surface area contributed by atoms with Crippen molar-refractivity contribution >= 4 is 11.0 Å². The molecule has 1 aromatic heterocycles. The number of benzene rings is 1. The average Bonchev–Trinajstić information content (AvgIpc) is 2.69. The maximum Gasteiger partial charge on any atom is 0.112 e. The topological polar surface area (TPSA) is 43.8 Å². The molecule has 0 fully saturated rings. The van der Waals surface area contributed by atoms with Gasteiger partial charge in [0.15, 0.2) is 0 Å². The second kappa shape index (κ2) is 5.74. The number of nitrogens with two attached hydrogens (primary N) is 1. The molecule has 0 unspecified atom stereocenters. The SMILES string of the molecule is Cc1cc2nc(C(C)C)n(CCCCN)c2cc1C. The molecule has 0 radical (unpaired) electrons. The molecule has 1 aromatic carbocycles. The molecular formula is C16H25N3. The fourth-order valence-corrected chi connectivity index (χ4v) is 2.49. The van der Waals surface area contributed by atoms with Crippen molar-refractivity contribution in [1.82, 2.24) is 9.55 Å². The predicted octanol–water partition coefficient (Wildman–Crippen LogP) is 3.52. The second-order valence-corrected chi connectivity index (χ2v) is 5.70. The Labute approximate surface area is 115 Å². The molecule has 0 aliphatic rings. The van der Waals surface area contributed by atoms with Gasteiger partial charge in [-0.05, 0) is 56.5 Å². The Morgan fingerprint density at radius 1 is 1.16 bits per heavy atom. The van der Waals surface area contributed by atoms with Crippen LogP contribution in [0.5, 0.6) is 0 Å². The van der Waals surface area contributed by atoms with E-state index < -0.39 is 0 Å². The van der Waals surface area contributed by atoms with E-state index in [1.807, 2.05) is 0 Å². The van der Waals surface area contributed by atoms with Gasteiger partial charge in [0.25, 0.3) is 0 Å². The highest BCUT2D eigenvalue weighted by molar-refractivity contribution is 5.78. The molecule has 0 aliphatic carbocycles. The molecule has 1 heterocycles. The molecular weight excluding hydrogens is 234 g/mol. The van der Waals surface area contributed by atoms with Crippen LogP contribution in [-0.2, 0) is 6.54 Å². The number of imidazole rings is 1. The summed E-state index contributed by atoms with van der Waals surface area (Å²) in [5.41, 5.74) is 10.6. The first kappa shape index (κ1) is 14.1. The van der Waals surface area contributed by atoms with Crippen LogP contribution in [0.4, 0.5) is 0 Å². The van der Waals surface area contributed by atoms with E-state index in [4.69, 9.17) is 10.7 Å². The summed E-state index contributed by atoms with van der Waals surface area (Å²) >= 11 is 0. The first-order valence-corrected chi connectivity index (χ1v) is 7.22. The highest BCUT2D eigenvalue weighted by Crippen LogP contribution is 2.25. The third kappa shape index (κ3) is 2.81. The monoisotopic (exact) mass is 259 g/mol. The first-order chi connectivity index (χ1) is 9.04. The van der Waals surface area contributed by atoms with E-state index in [1.54, 1.807) is 0 Å². The van der Waals surface area contributed by atoms with Crippen LogP contribution < -0.4 is 5.73 Å². The molecule has 19 heavy (non-hydrogen) atoms. The number of rotatable bonds is 5. The fraction of sp³-hybridized carbons (Fsp3) is 0.562. The van der Waals surface area contributed by atoms with Crippen LogP contribution in [0.3, 0.4) is 0 Å². The quantitative estimate of drug-likeness (QED) is 0.835. The Morgan fingerprint density at radius 3 is 2.47 bits per heavy atom. The lowest BCUT2D eigenvalue weighted by Crippen LogP contribution is -2.07. The van der Waals surface area contributed by atoms with Crippen LogP contribution in [-0.4, -0.2) is 16.1 Å². The Kier molecular flexibility index (Phi) is 4.25. The van der Waals surface area contributed by atoms with Crippen LogP contribution >= 0.6 is 0 Å². The lowest BCUT2D eigenvalue weighted by Gasteiger charge is -2.11. The van der Waals surface area contributed by atoms with Crippen molar-refractivity contribution in [3.05, 3.63) is 29.1 Å². The predicted molar refractivity (Wildman–Crippen MR) is 81.6 cm³/mol. The summed E-state index contributed by atoms with van der Waals surface area (Å²) in [5.74, 6) is 1.64. The summed E-state index contributed by atoms with van der Waals surface area (Å²) in [6.07, 6.45) is 2.19. The number of unbranched alkanes of at least 4 members (excludes halogenated alkanes) is 1. The number of hydrogen-bond acceptors (Lipinski definition) is 2. The van der Waals surface area contributed by atoms with E-state index in [0.29, 0.717) is 5.92 Å². The van der Waals surface area contributed by atoms with E-state index in [2.05, 4.69) is 44.4 Å². The molecule has 2 rings (SSSR count). The van der Waals surface area contributed by atoms with Crippen molar-refractivity contribution in [2.24, 2.45) is 5.73 Å². The molecule has 104 valence electrons. The third-order valence-electron chi connectivity index (χ3n) is 3.75. The number of hydrogen-bond donors (Lipinski definition) is 1. The van der Waals surface area contributed by atoms with Gasteiger partial charge in [-0.25, -0.2) is 4.98 Å². The van der Waals surface area contributed by atoms with Crippen LogP contribution in [0.2, 0.25) is 0 Å². The van der Waals surface area contributed by atoms with Crippen LogP contribution in [0, 0.1) is 13.8 Å². The maximum atomic E-state index is 5.60. The van der Waals surface area contributed by atoms with Crippen molar-refractivity contribution in [3.63, 3.8) is 0 Å². The normalized spacial score (nSPS) is 11.7. The Bertz CT molecular complexity index is 567. The molecule has 0 aliphatic heterocycles. The molecule has 0 bridgehead atoms. The highest BCUT2D eigenvalue weighted by atomic mass is 15.1. The van der Waals surface area contributed by atoms with Gasteiger partial charge in [0.05, 0.1) is 11.0 Å². The third-order valence-corrected chi connectivity index (χ3v) is 3.75. The zero-order chi connectivity index (χ0) is 14.0. The van der Waals surface area contributed by atoms with Gasteiger partial charge in [-0.2, -0.15) is 0 Å². The molecule has 2 aromatic rings. The minimum atomic E-state index is 0.450. The minimum absolute atomic E-state index is 0.450. The van der Waals surface area contributed by atoms with E-state index >= 15 is 0 Å². The van der Waals surface area contributed by atoms with Gasteiger partial charge < -0.3 is 10.3 Å². The zero-order valence-corrected chi connectivity index (χ0v) is 12.5. The minimum Gasteiger partial charge on any atom is -0.330 e. The molecule has 3 nitrogen and oxygen atoms in total. The summed E-state index contributed by atoms with van der Waals surface area (Å²) in [5, 5.41) is 0. The van der Waals surface area contributed by atoms with Gasteiger partial charge in [-0.1, -0.05) is 13.8 Å². The second-order valence-electron chi connectivity index (χ2n) is 5.70. The van der Waals surface area contributed by atoms with Crippen molar-refractivity contribution < 1.29 is 0 Å². The van der Waals surface area contributed by atoms with Gasteiger partial charge in [0.1, 0.15) is 5.82 Å². The molecule has 0 amide bonds. The number of nitrogens with zero attached hydrogens (tertiary/aromatic N) is 2. The highest BCUT2D eigenvalue weighted by Gasteiger charge is 2.14. The van der Waals surface area contributed by atoms with E-state index in [9.17, 15) is 0 Å². The number of aryl methyl sites for hydroxylation is 3. The number of aromatic nitrogens is 2. The average molecular weight is 259 g/mol. The summed E-state index contributed by atoms with van der Waals surface area (Å²) in [7, 11) is 0. The van der Waals surface area contributed by atoms with Gasteiger partial charge in [-0.15, -0.1) is 0 Å². The van der Waals surface area contributed by atoms with Crippen molar-refractivity contribution in [2.75, 3.05) is 6.54 Å². The van der Waals surface area contributed by atoms with Crippen molar-refractivity contribution in [3.8, 4) is 0 Å². The van der Waals surface area contributed by atoms with Gasteiger partial charge in [-0.3, -0.25) is 0 Å². The Morgan fingerprint density at radius 2 is 1.84 bits per heavy atom. The molecule has 0 saturated heterocycles. The smallest absolute Gasteiger partial charge is 0.112 e. The first-order valence-electron chi connectivity index (χ1n) is 7.22. The van der Waals surface area contributed by atoms with Gasteiger partial charge in [0, 0.05) is 12.5 Å². The summed E-state index contributed by atoms with van der Waals surface area (Å²) in [6, 6.07) is 4.47. The molecule has 3 heteroatoms. The lowest BCUT2D eigenvalue weighted by molar-refractivity contribution is 0.585. The van der Waals surface area contributed by atoms with E-state index in [0.717, 1.165) is 31.4 Å². The van der Waals surface area contributed by atoms with E-state index in [1.165, 1.54) is 22.5 Å². The van der Waals surface area contributed by atoms with E-state index in [-0.39, 0.29) is 0 Å². The largest absolute Gasteiger partial charge is 0.330 e. The van der Waals surface area contributed by atoms with Gasteiger partial charge in [0.2, 0.25) is 0 Å². The molecule has 2 N–H and O–H groups in total. The Balaban J connectivity index is 2.49. The fourth-order valence-electron chi connectivity index (χ4n) is 2.49. The van der Waals surface area contributed by atoms with Crippen LogP contribution in [0.1, 0.15) is 49.6 Å². The summed E-state index contributed by atoms with van der Waals surface area (Å²) in [6.45, 7) is 10.5. The van der Waals surface area contributed by atoms with Crippen LogP contribution in [0.25, 0.3) is 11.0 Å². The zero-order valence-electron chi connectivity index (χ0n) is 12.5. The molecule has 0 spiro atoms. The van der Waals surface area contributed by atoms with Crippen LogP contribution in [0.15, 0.2) is 12.1 Å². The summed E-state index contributed by atoms with van der Waals surface area (Å²) < 4.78 is 2.38. The molecule has 0 saturated carbocycles. The molecule has 0 atom stereocenters. The van der Waals surface area contributed by atoms with Gasteiger partial charge >= 0.3 is 0 Å². The maximum absolute atomic E-state index is 5.60. The lowest BCUT2D eigenvalue weighted by atomic mass is 10.1. The Hall–Kier alpha value is -1.35. The van der Waals surface area contributed by atoms with Crippen molar-refractivity contribution in [1.29, 1.82) is 0 Å². The number of fused-ring (bicyclic) bond motifs is 1. The van der Waals surface area contributed by atoms with Crippen molar-refractivity contribution in [2.45, 2.75) is 53.0 Å². The standard InChI is InChI=1S/C16H25N3/c1-11(2)16-18-14-9-12(3)13(4)10-15(14)19(16)8-6-5-7-17/h9-11H,5-8,17H2,1-4H3. The summed E-state index contributed by atoms with van der Waals surface area (Å²) in [4.78, 5) is 4.82.